The summed E-state index contributed by atoms with van der Waals surface area (Å²) in [4.78, 5) is 11.2. The molecule has 1 aliphatic rings. The summed E-state index contributed by atoms with van der Waals surface area (Å²) in [7, 11) is -0.368. The van der Waals surface area contributed by atoms with Crippen LogP contribution in [0.15, 0.2) is 0 Å². The summed E-state index contributed by atoms with van der Waals surface area (Å²) in [5.74, 6) is -0.271. The van der Waals surface area contributed by atoms with Crippen molar-refractivity contribution in [2.45, 2.75) is 32.3 Å². The normalized spacial score (nSPS) is 19.7. The van der Waals surface area contributed by atoms with Crippen molar-refractivity contribution in [1.82, 2.24) is 0 Å². The van der Waals surface area contributed by atoms with Crippen molar-refractivity contribution < 1.29 is 22.7 Å². The molecule has 6 heteroatoms. The smallest absolute Gasteiger partial charge is 0.306 e. The first kappa shape index (κ1) is 14.4. The number of hydrogen-bond acceptors (Lipinski definition) is 5. The number of hydrogen-bond donors (Lipinski definition) is 0. The lowest BCUT2D eigenvalue weighted by Gasteiger charge is -2.16. The van der Waals surface area contributed by atoms with E-state index in [0.717, 1.165) is 12.8 Å². The highest BCUT2D eigenvalue weighted by atomic mass is 32.2. The van der Waals surface area contributed by atoms with E-state index in [1.54, 1.807) is 6.92 Å². The van der Waals surface area contributed by atoms with E-state index in [0.29, 0.717) is 0 Å². The number of sulfone groups is 1. The summed E-state index contributed by atoms with van der Waals surface area (Å²) < 4.78 is 33.3. The molecule has 5 nitrogen and oxygen atoms in total. The van der Waals surface area contributed by atoms with E-state index in [2.05, 4.69) is 4.74 Å². The van der Waals surface area contributed by atoms with Crippen molar-refractivity contribution in [2.75, 3.05) is 25.7 Å². The van der Waals surface area contributed by atoms with Crippen molar-refractivity contribution >= 4 is 15.8 Å². The maximum atomic E-state index is 11.9. The van der Waals surface area contributed by atoms with Crippen LogP contribution in [0, 0.1) is 5.41 Å². The number of carbonyl (C=O) groups excluding carboxylic acids is 1. The van der Waals surface area contributed by atoms with Crippen LogP contribution in [-0.2, 0) is 24.1 Å². The molecule has 0 saturated heterocycles. The van der Waals surface area contributed by atoms with Gasteiger partial charge in [-0.15, -0.1) is 0 Å². The highest BCUT2D eigenvalue weighted by Crippen LogP contribution is 2.50. The van der Waals surface area contributed by atoms with E-state index in [1.165, 1.54) is 14.2 Å². The first-order valence-corrected chi connectivity index (χ1v) is 7.45. The van der Waals surface area contributed by atoms with Crippen LogP contribution in [0.4, 0.5) is 0 Å². The van der Waals surface area contributed by atoms with Crippen LogP contribution in [0.5, 0.6) is 0 Å². The van der Waals surface area contributed by atoms with Crippen LogP contribution in [0.3, 0.4) is 0 Å². The second kappa shape index (κ2) is 5.35. The van der Waals surface area contributed by atoms with Crippen molar-refractivity contribution in [1.29, 1.82) is 0 Å². The van der Waals surface area contributed by atoms with Gasteiger partial charge in [0.2, 0.25) is 0 Å². The Hall–Kier alpha value is -0.620. The molecule has 0 aliphatic heterocycles. The third kappa shape index (κ3) is 4.63. The minimum absolute atomic E-state index is 0.00637. The molecule has 1 fully saturated rings. The van der Waals surface area contributed by atoms with E-state index in [1.807, 2.05) is 0 Å². The van der Waals surface area contributed by atoms with Crippen molar-refractivity contribution in [3.05, 3.63) is 0 Å². The fraction of sp³-hybridized carbons (Fsp3) is 0.909. The fourth-order valence-corrected chi connectivity index (χ4v) is 4.17. The summed E-state index contributed by atoms with van der Waals surface area (Å²) in [6.45, 7) is 1.72. The van der Waals surface area contributed by atoms with Gasteiger partial charge in [-0.25, -0.2) is 8.42 Å². The number of carbonyl (C=O) groups is 1. The van der Waals surface area contributed by atoms with Gasteiger partial charge in [0, 0.05) is 7.11 Å². The molecule has 1 atom stereocenters. The van der Waals surface area contributed by atoms with Crippen LogP contribution in [0.2, 0.25) is 0 Å². The molecule has 0 aromatic rings. The lowest BCUT2D eigenvalue weighted by atomic mass is 10.1. The third-order valence-electron chi connectivity index (χ3n) is 3.12. The number of methoxy groups -OCH3 is 2. The molecule has 0 radical (unpaired) electrons. The molecular formula is C11H20O5S. The third-order valence-corrected chi connectivity index (χ3v) is 5.15. The van der Waals surface area contributed by atoms with E-state index in [4.69, 9.17) is 4.74 Å². The van der Waals surface area contributed by atoms with Gasteiger partial charge >= 0.3 is 5.97 Å². The van der Waals surface area contributed by atoms with Gasteiger partial charge in [0.15, 0.2) is 9.84 Å². The van der Waals surface area contributed by atoms with E-state index in [-0.39, 0.29) is 35.4 Å². The summed E-state index contributed by atoms with van der Waals surface area (Å²) in [5, 5.41) is 0. The Labute approximate surface area is 102 Å². The highest BCUT2D eigenvalue weighted by Gasteiger charge is 2.47. The van der Waals surface area contributed by atoms with Crippen LogP contribution >= 0.6 is 0 Å². The topological polar surface area (TPSA) is 69.7 Å². The van der Waals surface area contributed by atoms with Gasteiger partial charge in [0.05, 0.1) is 31.1 Å². The molecule has 100 valence electrons. The Kier molecular flexibility index (Phi) is 4.55. The molecule has 0 aromatic carbocycles. The molecule has 0 amide bonds. The maximum absolute atomic E-state index is 11.9. The monoisotopic (exact) mass is 264 g/mol. The Bertz CT molecular complexity index is 369. The maximum Gasteiger partial charge on any atom is 0.306 e. The van der Waals surface area contributed by atoms with Crippen molar-refractivity contribution in [2.24, 2.45) is 5.41 Å². The Morgan fingerprint density at radius 2 is 1.94 bits per heavy atom. The molecule has 0 heterocycles. The molecule has 0 aromatic heterocycles. The number of ether oxygens (including phenoxy) is 2. The minimum atomic E-state index is -3.17. The summed E-state index contributed by atoms with van der Waals surface area (Å²) >= 11 is 0. The van der Waals surface area contributed by atoms with Gasteiger partial charge in [0.25, 0.3) is 0 Å². The standard InChI is InChI=1S/C11H20O5S/c1-9(15-2)7-17(13,14)8-11(4-5-11)6-10(12)16-3/h9H,4-8H2,1-3H3. The summed E-state index contributed by atoms with van der Waals surface area (Å²) in [5.41, 5.74) is -0.376. The van der Waals surface area contributed by atoms with Gasteiger partial charge < -0.3 is 9.47 Å². The first-order chi connectivity index (χ1) is 7.82. The molecule has 1 unspecified atom stereocenters. The van der Waals surface area contributed by atoms with Gasteiger partial charge in [-0.2, -0.15) is 0 Å². The molecule has 0 N–H and O–H groups in total. The Morgan fingerprint density at radius 1 is 1.35 bits per heavy atom. The van der Waals surface area contributed by atoms with Crippen molar-refractivity contribution in [3.8, 4) is 0 Å². The zero-order valence-electron chi connectivity index (χ0n) is 10.6. The minimum Gasteiger partial charge on any atom is -0.469 e. The Morgan fingerprint density at radius 3 is 2.35 bits per heavy atom. The molecular weight excluding hydrogens is 244 g/mol. The molecule has 1 saturated carbocycles. The lowest BCUT2D eigenvalue weighted by molar-refractivity contribution is -0.141. The fourth-order valence-electron chi connectivity index (χ4n) is 1.88. The average molecular weight is 264 g/mol. The van der Waals surface area contributed by atoms with Crippen LogP contribution < -0.4 is 0 Å². The predicted octanol–water partition coefficient (Wildman–Crippen LogP) is 0.779. The van der Waals surface area contributed by atoms with Gasteiger partial charge in [0.1, 0.15) is 0 Å². The molecule has 1 rings (SSSR count). The summed E-state index contributed by atoms with van der Waals surface area (Å²) in [6, 6.07) is 0. The highest BCUT2D eigenvalue weighted by molar-refractivity contribution is 7.91. The molecule has 0 spiro atoms. The Balaban J connectivity index is 2.55. The zero-order valence-corrected chi connectivity index (χ0v) is 11.4. The van der Waals surface area contributed by atoms with Gasteiger partial charge in [-0.05, 0) is 25.2 Å². The van der Waals surface area contributed by atoms with Gasteiger partial charge in [-0.1, -0.05) is 0 Å². The van der Waals surface area contributed by atoms with Gasteiger partial charge in [-0.3, -0.25) is 4.79 Å². The molecule has 0 bridgehead atoms. The zero-order chi connectivity index (χ0) is 13.1. The SMILES string of the molecule is COC(=O)CC1(CS(=O)(=O)CC(C)OC)CC1. The van der Waals surface area contributed by atoms with Crippen LogP contribution in [0.1, 0.15) is 26.2 Å². The van der Waals surface area contributed by atoms with E-state index < -0.39 is 9.84 Å². The number of esters is 1. The lowest BCUT2D eigenvalue weighted by Crippen LogP contribution is -2.28. The first-order valence-electron chi connectivity index (χ1n) is 5.62. The predicted molar refractivity (Wildman–Crippen MR) is 63.4 cm³/mol. The number of rotatable bonds is 7. The summed E-state index contributed by atoms with van der Waals surface area (Å²) in [6.07, 6.45) is 1.45. The molecule has 1 aliphatic carbocycles. The molecule has 17 heavy (non-hydrogen) atoms. The van der Waals surface area contributed by atoms with Crippen LogP contribution in [-0.4, -0.2) is 46.2 Å². The van der Waals surface area contributed by atoms with E-state index in [9.17, 15) is 13.2 Å². The van der Waals surface area contributed by atoms with Crippen LogP contribution in [0.25, 0.3) is 0 Å². The van der Waals surface area contributed by atoms with Crippen molar-refractivity contribution in [3.63, 3.8) is 0 Å². The average Bonchev–Trinajstić information content (AvgIpc) is 2.95. The second-order valence-electron chi connectivity index (χ2n) is 4.85. The second-order valence-corrected chi connectivity index (χ2v) is 6.96. The quantitative estimate of drug-likeness (QED) is 0.635. The largest absolute Gasteiger partial charge is 0.469 e. The van der Waals surface area contributed by atoms with E-state index >= 15 is 0 Å².